The number of thioether (sulfide) groups is 1. The van der Waals surface area contributed by atoms with Gasteiger partial charge in [0.25, 0.3) is 0 Å². The van der Waals surface area contributed by atoms with Gasteiger partial charge in [0.1, 0.15) is 24.0 Å². The molecule has 3 fully saturated rings. The molecule has 3 N–H and O–H groups in total. The van der Waals surface area contributed by atoms with Gasteiger partial charge in [0.2, 0.25) is 17.7 Å². The Bertz CT molecular complexity index is 1510. The summed E-state index contributed by atoms with van der Waals surface area (Å²) in [6.45, 7) is 5.12. The van der Waals surface area contributed by atoms with Crippen LogP contribution in [0.25, 0.3) is 11.0 Å². The standard InChI is InChI=1S/C31H38N6O5S/c1-3-42-21-13-11-20(12-14-21)33-27(39)24-25-29(41)36(17-7-4-8-18-38)26(31(25)16-15-30(24,2)43-31)28(40)32-19-37-23-10-6-5-9-22(23)34-35-37/h5-6,9-14,24-26,38H,3-4,7-8,15-19H2,1-2H3,(H,32,40)(H,33,39)/t24-,25+,26?,30+,31?/m1/s1. The first-order chi connectivity index (χ1) is 20.8. The summed E-state index contributed by atoms with van der Waals surface area (Å²) in [6.07, 6.45) is 3.45. The average molecular weight is 607 g/mol. The van der Waals surface area contributed by atoms with E-state index in [1.165, 1.54) is 0 Å². The normalized spacial score (nSPS) is 27.5. The minimum absolute atomic E-state index is 0.0816. The van der Waals surface area contributed by atoms with Crippen LogP contribution in [0.1, 0.15) is 46.0 Å². The van der Waals surface area contributed by atoms with Crippen molar-refractivity contribution in [2.24, 2.45) is 11.8 Å². The Labute approximate surface area is 254 Å². The summed E-state index contributed by atoms with van der Waals surface area (Å²) in [5.74, 6) is -1.06. The number of benzene rings is 2. The van der Waals surface area contributed by atoms with E-state index in [4.69, 9.17) is 4.74 Å². The number of carbonyl (C=O) groups is 3. The number of aromatic nitrogens is 3. The van der Waals surface area contributed by atoms with Crippen molar-refractivity contribution in [1.29, 1.82) is 0 Å². The fourth-order valence-electron chi connectivity index (χ4n) is 7.24. The number of rotatable bonds is 12. The van der Waals surface area contributed by atoms with Gasteiger partial charge in [0.05, 0.1) is 28.7 Å². The summed E-state index contributed by atoms with van der Waals surface area (Å²) in [7, 11) is 0. The van der Waals surface area contributed by atoms with Crippen LogP contribution >= 0.6 is 11.8 Å². The van der Waals surface area contributed by atoms with Crippen molar-refractivity contribution >= 4 is 46.2 Å². The van der Waals surface area contributed by atoms with Gasteiger partial charge < -0.3 is 25.4 Å². The van der Waals surface area contributed by atoms with Crippen LogP contribution in [0, 0.1) is 11.8 Å². The molecule has 0 radical (unpaired) electrons. The number of likely N-dealkylation sites (tertiary alicyclic amines) is 1. The van der Waals surface area contributed by atoms with Crippen molar-refractivity contribution < 1.29 is 24.2 Å². The first-order valence-electron chi connectivity index (χ1n) is 15.0. The molecule has 2 bridgehead atoms. The number of carbonyl (C=O) groups excluding carboxylic acids is 3. The average Bonchev–Trinajstić information content (AvgIpc) is 3.71. The van der Waals surface area contributed by atoms with Crippen molar-refractivity contribution in [2.75, 3.05) is 25.1 Å². The van der Waals surface area contributed by atoms with E-state index in [0.29, 0.717) is 38.1 Å². The smallest absolute Gasteiger partial charge is 0.245 e. The number of anilines is 1. The topological polar surface area (TPSA) is 139 Å². The zero-order valence-electron chi connectivity index (χ0n) is 24.5. The molecule has 43 heavy (non-hydrogen) atoms. The van der Waals surface area contributed by atoms with Gasteiger partial charge in [-0.05, 0) is 82.3 Å². The van der Waals surface area contributed by atoms with Crippen LogP contribution in [-0.4, -0.2) is 78.0 Å². The van der Waals surface area contributed by atoms with Gasteiger partial charge in [-0.1, -0.05) is 17.3 Å². The maximum absolute atomic E-state index is 14.2. The summed E-state index contributed by atoms with van der Waals surface area (Å²) >= 11 is 1.64. The summed E-state index contributed by atoms with van der Waals surface area (Å²) in [4.78, 5) is 43.9. The second-order valence-corrected chi connectivity index (χ2v) is 13.7. The summed E-state index contributed by atoms with van der Waals surface area (Å²) < 4.78 is 5.98. The Morgan fingerprint density at radius 1 is 1.09 bits per heavy atom. The summed E-state index contributed by atoms with van der Waals surface area (Å²) in [6, 6.07) is 14.0. The Kier molecular flexibility index (Phi) is 8.08. The lowest BCUT2D eigenvalue weighted by Gasteiger charge is -2.34. The molecule has 3 amide bonds. The van der Waals surface area contributed by atoms with Gasteiger partial charge in [-0.2, -0.15) is 0 Å². The molecule has 12 heteroatoms. The number of para-hydroxylation sites is 1. The molecule has 1 aromatic heterocycles. The fraction of sp³-hybridized carbons (Fsp3) is 0.516. The van der Waals surface area contributed by atoms with E-state index in [9.17, 15) is 19.5 Å². The number of unbranched alkanes of at least 4 members (excludes halogenated alkanes) is 2. The van der Waals surface area contributed by atoms with Crippen molar-refractivity contribution in [3.8, 4) is 5.75 Å². The van der Waals surface area contributed by atoms with Crippen molar-refractivity contribution in [3.63, 3.8) is 0 Å². The lowest BCUT2D eigenvalue weighted by atomic mass is 9.66. The fourth-order valence-corrected chi connectivity index (χ4v) is 9.60. The van der Waals surface area contributed by atoms with Crippen molar-refractivity contribution in [3.05, 3.63) is 48.5 Å². The van der Waals surface area contributed by atoms with E-state index in [1.807, 2.05) is 43.3 Å². The Balaban J connectivity index is 1.26. The van der Waals surface area contributed by atoms with E-state index >= 15 is 0 Å². The van der Waals surface area contributed by atoms with Crippen LogP contribution in [0.15, 0.2) is 48.5 Å². The number of hydrogen-bond donors (Lipinski definition) is 3. The van der Waals surface area contributed by atoms with Crippen LogP contribution < -0.4 is 15.4 Å². The van der Waals surface area contributed by atoms with E-state index in [2.05, 4.69) is 27.9 Å². The molecule has 11 nitrogen and oxygen atoms in total. The molecule has 3 saturated heterocycles. The van der Waals surface area contributed by atoms with Crippen LogP contribution in [-0.2, 0) is 21.1 Å². The molecule has 0 saturated carbocycles. The van der Waals surface area contributed by atoms with Gasteiger partial charge in [-0.25, -0.2) is 4.68 Å². The SMILES string of the molecule is CCOc1ccc(NC(=O)[C@H]2[C@H]3C(=O)N(CCCCCO)C(C(=O)NCn4nnc5ccccc54)C34CC[C@]2(C)S4)cc1. The third kappa shape index (κ3) is 5.14. The highest BCUT2D eigenvalue weighted by atomic mass is 32.2. The van der Waals surface area contributed by atoms with Crippen LogP contribution in [0.4, 0.5) is 5.69 Å². The van der Waals surface area contributed by atoms with Gasteiger partial charge in [-0.15, -0.1) is 16.9 Å². The second kappa shape index (κ2) is 11.8. The second-order valence-electron chi connectivity index (χ2n) is 11.8. The highest BCUT2D eigenvalue weighted by molar-refractivity contribution is 8.02. The molecule has 228 valence electrons. The maximum atomic E-state index is 14.2. The van der Waals surface area contributed by atoms with Crippen LogP contribution in [0.3, 0.4) is 0 Å². The minimum Gasteiger partial charge on any atom is -0.494 e. The van der Waals surface area contributed by atoms with E-state index in [-0.39, 0.29) is 31.0 Å². The largest absolute Gasteiger partial charge is 0.494 e. The number of ether oxygens (including phenoxy) is 1. The number of aliphatic hydroxyl groups excluding tert-OH is 1. The molecular weight excluding hydrogens is 568 g/mol. The first-order valence-corrected chi connectivity index (χ1v) is 15.8. The van der Waals surface area contributed by atoms with E-state index < -0.39 is 27.4 Å². The number of nitrogens with zero attached hydrogens (tertiary/aromatic N) is 4. The lowest BCUT2D eigenvalue weighted by Crippen LogP contribution is -2.54. The quantitative estimate of drug-likeness (QED) is 0.267. The van der Waals surface area contributed by atoms with Gasteiger partial charge >= 0.3 is 0 Å². The zero-order chi connectivity index (χ0) is 30.2. The molecule has 4 heterocycles. The van der Waals surface area contributed by atoms with Gasteiger partial charge in [-0.3, -0.25) is 14.4 Å². The molecule has 3 aliphatic heterocycles. The third-order valence-corrected chi connectivity index (χ3v) is 11.1. The lowest BCUT2D eigenvalue weighted by molar-refractivity contribution is -0.139. The zero-order valence-corrected chi connectivity index (χ0v) is 25.3. The van der Waals surface area contributed by atoms with Crippen molar-refractivity contribution in [1.82, 2.24) is 25.2 Å². The maximum Gasteiger partial charge on any atom is 0.245 e. The summed E-state index contributed by atoms with van der Waals surface area (Å²) in [5.41, 5.74) is 2.17. The van der Waals surface area contributed by atoms with Crippen LogP contribution in [0.5, 0.6) is 5.75 Å². The monoisotopic (exact) mass is 606 g/mol. The number of amides is 3. The van der Waals surface area contributed by atoms with E-state index in [0.717, 1.165) is 29.6 Å². The Morgan fingerprint density at radius 3 is 2.65 bits per heavy atom. The van der Waals surface area contributed by atoms with Gasteiger partial charge in [0.15, 0.2) is 0 Å². The van der Waals surface area contributed by atoms with Crippen molar-refractivity contribution in [2.45, 2.75) is 68.2 Å². The number of fused-ring (bicyclic) bond motifs is 2. The van der Waals surface area contributed by atoms with E-state index in [1.54, 1.807) is 33.5 Å². The minimum atomic E-state index is -0.719. The highest BCUT2D eigenvalue weighted by Gasteiger charge is 2.77. The molecule has 2 aromatic carbocycles. The highest BCUT2D eigenvalue weighted by Crippen LogP contribution is 2.71. The first kappa shape index (κ1) is 29.4. The molecule has 2 unspecified atom stereocenters. The number of aliphatic hydroxyl groups is 1. The molecule has 0 aliphatic carbocycles. The predicted molar refractivity (Wildman–Crippen MR) is 163 cm³/mol. The van der Waals surface area contributed by atoms with Gasteiger partial charge in [0, 0.05) is 23.6 Å². The Morgan fingerprint density at radius 2 is 1.88 bits per heavy atom. The molecule has 1 spiro atoms. The summed E-state index contributed by atoms with van der Waals surface area (Å²) in [5, 5.41) is 23.7. The Hall–Kier alpha value is -3.64. The predicted octanol–water partition coefficient (Wildman–Crippen LogP) is 3.19. The number of hydrogen-bond acceptors (Lipinski definition) is 8. The molecule has 3 aromatic rings. The number of nitrogens with one attached hydrogen (secondary N) is 2. The molecular formula is C31H38N6O5S. The molecule has 3 aliphatic rings. The third-order valence-electron chi connectivity index (χ3n) is 9.12. The molecule has 5 atom stereocenters. The molecule has 6 rings (SSSR count). The van der Waals surface area contributed by atoms with Crippen LogP contribution in [0.2, 0.25) is 0 Å².